The molecule has 5 nitrogen and oxygen atoms in total. The Morgan fingerprint density at radius 3 is 2.87 bits per heavy atom. The highest BCUT2D eigenvalue weighted by atomic mass is 16.4. The SMILES string of the molecule is O=C(Cc1ccccc1O)N1CCC[C@@H]1C[C@@H](O)c1ccco1. The summed E-state index contributed by atoms with van der Waals surface area (Å²) in [7, 11) is 0. The minimum atomic E-state index is -0.700. The van der Waals surface area contributed by atoms with Crippen LogP contribution in [-0.2, 0) is 11.2 Å². The largest absolute Gasteiger partial charge is 0.508 e. The monoisotopic (exact) mass is 315 g/mol. The Kier molecular flexibility index (Phi) is 4.67. The third-order valence-electron chi connectivity index (χ3n) is 4.40. The lowest BCUT2D eigenvalue weighted by molar-refractivity contribution is -0.131. The topological polar surface area (TPSA) is 73.9 Å². The van der Waals surface area contributed by atoms with Crippen molar-refractivity contribution in [2.75, 3.05) is 6.54 Å². The van der Waals surface area contributed by atoms with Crippen LogP contribution in [0.5, 0.6) is 5.75 Å². The summed E-state index contributed by atoms with van der Waals surface area (Å²) in [5, 5.41) is 20.0. The van der Waals surface area contributed by atoms with Gasteiger partial charge in [-0.1, -0.05) is 18.2 Å². The second kappa shape index (κ2) is 6.87. The maximum absolute atomic E-state index is 12.6. The molecule has 23 heavy (non-hydrogen) atoms. The van der Waals surface area contributed by atoms with Gasteiger partial charge in [0.1, 0.15) is 17.6 Å². The van der Waals surface area contributed by atoms with Gasteiger partial charge in [-0.3, -0.25) is 4.79 Å². The van der Waals surface area contributed by atoms with Crippen molar-refractivity contribution in [3.63, 3.8) is 0 Å². The van der Waals surface area contributed by atoms with Crippen LogP contribution < -0.4 is 0 Å². The van der Waals surface area contributed by atoms with Crippen molar-refractivity contribution in [3.8, 4) is 5.75 Å². The molecule has 0 bridgehead atoms. The van der Waals surface area contributed by atoms with Crippen molar-refractivity contribution in [2.24, 2.45) is 0 Å². The standard InChI is InChI=1S/C18H21NO4/c20-15-7-2-1-5-13(15)11-18(22)19-9-3-6-14(19)12-16(21)17-8-4-10-23-17/h1-2,4-5,7-8,10,14,16,20-21H,3,6,9,11-12H2/t14-,16-/m1/s1. The lowest BCUT2D eigenvalue weighted by Crippen LogP contribution is -2.37. The molecule has 1 aliphatic heterocycles. The van der Waals surface area contributed by atoms with Gasteiger partial charge >= 0.3 is 0 Å². The Bertz CT molecular complexity index is 653. The van der Waals surface area contributed by atoms with Gasteiger partial charge in [0, 0.05) is 24.6 Å². The van der Waals surface area contributed by atoms with Crippen LogP contribution in [0.15, 0.2) is 47.1 Å². The summed E-state index contributed by atoms with van der Waals surface area (Å²) >= 11 is 0. The van der Waals surface area contributed by atoms with Crippen LogP contribution >= 0.6 is 0 Å². The van der Waals surface area contributed by atoms with Gasteiger partial charge in [0.05, 0.1) is 12.7 Å². The third kappa shape index (κ3) is 3.56. The zero-order chi connectivity index (χ0) is 16.2. The number of rotatable bonds is 5. The zero-order valence-corrected chi connectivity index (χ0v) is 12.9. The predicted octanol–water partition coefficient (Wildman–Crippen LogP) is 2.64. The summed E-state index contributed by atoms with van der Waals surface area (Å²) in [5.41, 5.74) is 0.634. The molecular weight excluding hydrogens is 294 g/mol. The van der Waals surface area contributed by atoms with Crippen molar-refractivity contribution in [2.45, 2.75) is 37.8 Å². The van der Waals surface area contributed by atoms with Gasteiger partial charge in [0.2, 0.25) is 5.91 Å². The minimum absolute atomic E-state index is 0.00783. The van der Waals surface area contributed by atoms with Crippen molar-refractivity contribution in [3.05, 3.63) is 54.0 Å². The van der Waals surface area contributed by atoms with Gasteiger partial charge in [0.25, 0.3) is 0 Å². The second-order valence-electron chi connectivity index (χ2n) is 5.96. The van der Waals surface area contributed by atoms with Gasteiger partial charge in [-0.15, -0.1) is 0 Å². The van der Waals surface area contributed by atoms with Gasteiger partial charge in [-0.25, -0.2) is 0 Å². The number of benzene rings is 1. The number of aromatic hydroxyl groups is 1. The van der Waals surface area contributed by atoms with Crippen molar-refractivity contribution < 1.29 is 19.4 Å². The van der Waals surface area contributed by atoms with E-state index >= 15 is 0 Å². The van der Waals surface area contributed by atoms with E-state index in [0.29, 0.717) is 24.3 Å². The number of phenols is 1. The number of para-hydroxylation sites is 1. The molecule has 122 valence electrons. The number of amides is 1. The summed E-state index contributed by atoms with van der Waals surface area (Å²) < 4.78 is 5.23. The van der Waals surface area contributed by atoms with Gasteiger partial charge in [-0.05, 0) is 31.0 Å². The zero-order valence-electron chi connectivity index (χ0n) is 12.9. The number of carbonyl (C=O) groups excluding carboxylic acids is 1. The molecule has 0 unspecified atom stereocenters. The summed E-state index contributed by atoms with van der Waals surface area (Å²) in [5.74, 6) is 0.665. The number of nitrogens with zero attached hydrogens (tertiary/aromatic N) is 1. The average Bonchev–Trinajstić information content (AvgIpc) is 3.20. The number of carbonyl (C=O) groups is 1. The van der Waals surface area contributed by atoms with Crippen LogP contribution in [0.25, 0.3) is 0 Å². The van der Waals surface area contributed by atoms with Crippen molar-refractivity contribution in [1.82, 2.24) is 4.90 Å². The number of hydrogen-bond donors (Lipinski definition) is 2. The molecule has 0 aliphatic carbocycles. The fourth-order valence-electron chi connectivity index (χ4n) is 3.19. The number of furan rings is 1. The van der Waals surface area contributed by atoms with Gasteiger partial charge in [-0.2, -0.15) is 0 Å². The van der Waals surface area contributed by atoms with Gasteiger partial charge in [0.15, 0.2) is 0 Å². The van der Waals surface area contributed by atoms with E-state index in [2.05, 4.69) is 0 Å². The number of phenolic OH excluding ortho intramolecular Hbond substituents is 1. The molecule has 1 amide bonds. The molecule has 5 heteroatoms. The lowest BCUT2D eigenvalue weighted by atomic mass is 10.0. The molecular formula is C18H21NO4. The Hall–Kier alpha value is -2.27. The maximum Gasteiger partial charge on any atom is 0.227 e. The molecule has 1 fully saturated rings. The quantitative estimate of drug-likeness (QED) is 0.889. The smallest absolute Gasteiger partial charge is 0.227 e. The first-order chi connectivity index (χ1) is 11.1. The molecule has 1 saturated heterocycles. The number of aliphatic hydroxyl groups excluding tert-OH is 1. The molecule has 0 radical (unpaired) electrons. The lowest BCUT2D eigenvalue weighted by Gasteiger charge is -2.26. The molecule has 2 N–H and O–H groups in total. The predicted molar refractivity (Wildman–Crippen MR) is 84.8 cm³/mol. The summed E-state index contributed by atoms with van der Waals surface area (Å²) in [4.78, 5) is 14.4. The minimum Gasteiger partial charge on any atom is -0.508 e. The Balaban J connectivity index is 1.64. The van der Waals surface area contributed by atoms with Crippen LogP contribution in [0.1, 0.15) is 36.7 Å². The van der Waals surface area contributed by atoms with E-state index in [4.69, 9.17) is 4.42 Å². The normalized spacial score (nSPS) is 19.0. The number of aliphatic hydroxyl groups is 1. The highest BCUT2D eigenvalue weighted by Gasteiger charge is 2.31. The van der Waals surface area contributed by atoms with Crippen LogP contribution in [0.4, 0.5) is 0 Å². The first-order valence-electron chi connectivity index (χ1n) is 7.93. The molecule has 0 spiro atoms. The van der Waals surface area contributed by atoms with Crippen molar-refractivity contribution >= 4 is 5.91 Å². The summed E-state index contributed by atoms with van der Waals surface area (Å²) in [6.07, 6.45) is 3.30. The van der Waals surface area contributed by atoms with Crippen LogP contribution in [-0.4, -0.2) is 33.6 Å². The fraction of sp³-hybridized carbons (Fsp3) is 0.389. The van der Waals surface area contributed by atoms with Gasteiger partial charge < -0.3 is 19.5 Å². The van der Waals surface area contributed by atoms with E-state index in [1.807, 2.05) is 11.0 Å². The van der Waals surface area contributed by atoms with Crippen LogP contribution in [0.2, 0.25) is 0 Å². The third-order valence-corrected chi connectivity index (χ3v) is 4.40. The van der Waals surface area contributed by atoms with Crippen LogP contribution in [0.3, 0.4) is 0 Å². The van der Waals surface area contributed by atoms with E-state index in [1.165, 1.54) is 6.26 Å². The molecule has 0 saturated carbocycles. The molecule has 2 heterocycles. The molecule has 2 atom stereocenters. The van der Waals surface area contributed by atoms with E-state index in [0.717, 1.165) is 12.8 Å². The molecule has 1 aromatic carbocycles. The van der Waals surface area contributed by atoms with E-state index in [9.17, 15) is 15.0 Å². The number of hydrogen-bond acceptors (Lipinski definition) is 4. The first-order valence-corrected chi connectivity index (χ1v) is 7.93. The molecule has 1 aromatic heterocycles. The highest BCUT2D eigenvalue weighted by Crippen LogP contribution is 2.28. The Labute approximate surface area is 135 Å². The molecule has 1 aliphatic rings. The van der Waals surface area contributed by atoms with Crippen LogP contribution in [0, 0.1) is 0 Å². The maximum atomic E-state index is 12.6. The number of likely N-dealkylation sites (tertiary alicyclic amines) is 1. The van der Waals surface area contributed by atoms with E-state index in [-0.39, 0.29) is 24.1 Å². The first kappa shape index (κ1) is 15.6. The molecule has 2 aromatic rings. The summed E-state index contributed by atoms with van der Waals surface area (Å²) in [6, 6.07) is 10.4. The second-order valence-corrected chi connectivity index (χ2v) is 5.96. The average molecular weight is 315 g/mol. The Morgan fingerprint density at radius 1 is 1.30 bits per heavy atom. The van der Waals surface area contributed by atoms with E-state index < -0.39 is 6.10 Å². The summed E-state index contributed by atoms with van der Waals surface area (Å²) in [6.45, 7) is 0.696. The highest BCUT2D eigenvalue weighted by molar-refractivity contribution is 5.80. The van der Waals surface area contributed by atoms with Crippen molar-refractivity contribution in [1.29, 1.82) is 0 Å². The Morgan fingerprint density at radius 2 is 2.13 bits per heavy atom. The molecule has 3 rings (SSSR count). The van der Waals surface area contributed by atoms with E-state index in [1.54, 1.807) is 30.3 Å². The fourth-order valence-corrected chi connectivity index (χ4v) is 3.19.